The Morgan fingerprint density at radius 2 is 1.90 bits per heavy atom. The number of thioether (sulfide) groups is 1. The van der Waals surface area contributed by atoms with Crippen molar-refractivity contribution in [1.29, 1.82) is 0 Å². The lowest BCUT2D eigenvalue weighted by molar-refractivity contribution is 0.0942. The van der Waals surface area contributed by atoms with E-state index in [4.69, 9.17) is 9.47 Å². The molecule has 5 rings (SSSR count). The maximum atomic E-state index is 12.9. The highest BCUT2D eigenvalue weighted by atomic mass is 32.2. The Morgan fingerprint density at radius 3 is 2.71 bits per heavy atom. The molecule has 1 aliphatic carbocycles. The summed E-state index contributed by atoms with van der Waals surface area (Å²) in [4.78, 5) is 15.2. The minimum absolute atomic E-state index is 0.151. The summed E-state index contributed by atoms with van der Waals surface area (Å²) in [6, 6.07) is 6.24. The summed E-state index contributed by atoms with van der Waals surface area (Å²) in [7, 11) is 0. The number of fused-ring (bicyclic) bond motifs is 1. The number of morpholine rings is 1. The average Bonchev–Trinajstić information content (AvgIpc) is 3.48. The number of anilines is 1. The largest absolute Gasteiger partial charge is 0.378 e. The summed E-state index contributed by atoms with van der Waals surface area (Å²) < 4.78 is 13.5. The number of carbonyl (C=O) groups excluding carboxylic acids is 1. The first-order valence-electron chi connectivity index (χ1n) is 11.4. The van der Waals surface area contributed by atoms with E-state index in [1.165, 1.54) is 35.7 Å². The van der Waals surface area contributed by atoms with E-state index in [1.807, 2.05) is 6.07 Å². The second kappa shape index (κ2) is 9.71. The van der Waals surface area contributed by atoms with Crippen LogP contribution in [0.5, 0.6) is 0 Å². The lowest BCUT2D eigenvalue weighted by Gasteiger charge is -2.28. The Morgan fingerprint density at radius 1 is 1.06 bits per heavy atom. The van der Waals surface area contributed by atoms with Crippen LogP contribution in [0, 0.1) is 0 Å². The van der Waals surface area contributed by atoms with Gasteiger partial charge < -0.3 is 14.4 Å². The van der Waals surface area contributed by atoms with Gasteiger partial charge in [-0.2, -0.15) is 0 Å². The molecule has 7 nitrogen and oxygen atoms in total. The molecular formula is C23H30N4O3S. The van der Waals surface area contributed by atoms with Crippen molar-refractivity contribution in [2.24, 2.45) is 0 Å². The van der Waals surface area contributed by atoms with Crippen LogP contribution in [0.25, 0.3) is 0 Å². The number of nitrogens with zero attached hydrogens (tertiary/aromatic N) is 4. The molecule has 2 fully saturated rings. The molecule has 31 heavy (non-hydrogen) atoms. The predicted molar refractivity (Wildman–Crippen MR) is 120 cm³/mol. The number of Topliss-reactive ketones (excluding diaryl/α,β-unsaturated/α-hetero) is 1. The van der Waals surface area contributed by atoms with Gasteiger partial charge in [0.25, 0.3) is 0 Å². The van der Waals surface area contributed by atoms with Crippen LogP contribution in [0.15, 0.2) is 23.4 Å². The first-order chi connectivity index (χ1) is 15.3. The third-order valence-electron chi connectivity index (χ3n) is 6.40. The molecule has 166 valence electrons. The minimum Gasteiger partial charge on any atom is -0.378 e. The van der Waals surface area contributed by atoms with E-state index in [2.05, 4.69) is 31.8 Å². The SMILES string of the molecule is O=C(CSc1nnc(N2CCOCC2)n1CC1CCCO1)c1ccc2c(c1)CCCC2. The van der Waals surface area contributed by atoms with Gasteiger partial charge >= 0.3 is 0 Å². The van der Waals surface area contributed by atoms with E-state index in [-0.39, 0.29) is 11.9 Å². The lowest BCUT2D eigenvalue weighted by atomic mass is 9.90. The molecule has 0 amide bonds. The normalized spacial score (nSPS) is 21.3. The molecule has 1 aromatic carbocycles. The lowest BCUT2D eigenvalue weighted by Crippen LogP contribution is -2.38. The van der Waals surface area contributed by atoms with Gasteiger partial charge in [0.15, 0.2) is 10.9 Å². The van der Waals surface area contributed by atoms with Gasteiger partial charge in [-0.3, -0.25) is 9.36 Å². The van der Waals surface area contributed by atoms with Crippen molar-refractivity contribution in [2.45, 2.75) is 56.3 Å². The molecular weight excluding hydrogens is 412 g/mol. The quantitative estimate of drug-likeness (QED) is 0.482. The fraction of sp³-hybridized carbons (Fsp3) is 0.609. The van der Waals surface area contributed by atoms with Gasteiger partial charge in [-0.25, -0.2) is 0 Å². The Kier molecular flexibility index (Phi) is 6.57. The highest BCUT2D eigenvalue weighted by Gasteiger charge is 2.25. The van der Waals surface area contributed by atoms with Gasteiger partial charge in [0, 0.05) is 25.3 Å². The third kappa shape index (κ3) is 4.81. The molecule has 0 spiro atoms. The predicted octanol–water partition coefficient (Wildman–Crippen LogP) is 3.15. The van der Waals surface area contributed by atoms with Crippen LogP contribution in [-0.2, 0) is 28.9 Å². The zero-order valence-corrected chi connectivity index (χ0v) is 18.7. The van der Waals surface area contributed by atoms with Gasteiger partial charge in [-0.05, 0) is 55.7 Å². The summed E-state index contributed by atoms with van der Waals surface area (Å²) in [6.45, 7) is 4.57. The maximum absolute atomic E-state index is 12.9. The van der Waals surface area contributed by atoms with Crippen LogP contribution < -0.4 is 4.90 Å². The summed E-state index contributed by atoms with van der Waals surface area (Å²) in [5, 5.41) is 9.74. The number of benzene rings is 1. The van der Waals surface area contributed by atoms with Gasteiger partial charge in [-0.15, -0.1) is 10.2 Å². The monoisotopic (exact) mass is 442 g/mol. The summed E-state index contributed by atoms with van der Waals surface area (Å²) in [5.74, 6) is 1.38. The van der Waals surface area contributed by atoms with E-state index in [0.29, 0.717) is 19.0 Å². The van der Waals surface area contributed by atoms with Crippen molar-refractivity contribution >= 4 is 23.5 Å². The van der Waals surface area contributed by atoms with Crippen molar-refractivity contribution in [3.63, 3.8) is 0 Å². The molecule has 0 saturated carbocycles. The van der Waals surface area contributed by atoms with E-state index < -0.39 is 0 Å². The van der Waals surface area contributed by atoms with Gasteiger partial charge in [0.2, 0.25) is 5.95 Å². The Bertz CT molecular complexity index is 920. The number of aryl methyl sites for hydroxylation is 2. The van der Waals surface area contributed by atoms with Crippen LogP contribution >= 0.6 is 11.8 Å². The van der Waals surface area contributed by atoms with Crippen LogP contribution in [0.3, 0.4) is 0 Å². The summed E-state index contributed by atoms with van der Waals surface area (Å²) in [6.07, 6.45) is 7.03. The highest BCUT2D eigenvalue weighted by Crippen LogP contribution is 2.27. The van der Waals surface area contributed by atoms with Crippen molar-refractivity contribution < 1.29 is 14.3 Å². The smallest absolute Gasteiger partial charge is 0.228 e. The molecule has 2 saturated heterocycles. The molecule has 3 aliphatic rings. The summed E-state index contributed by atoms with van der Waals surface area (Å²) in [5.41, 5.74) is 3.56. The molecule has 0 radical (unpaired) electrons. The molecule has 0 bridgehead atoms. The van der Waals surface area contributed by atoms with Crippen LogP contribution in [0.4, 0.5) is 5.95 Å². The van der Waals surface area contributed by atoms with Gasteiger partial charge in [-0.1, -0.05) is 23.9 Å². The molecule has 3 heterocycles. The van der Waals surface area contributed by atoms with E-state index in [1.54, 1.807) is 0 Å². The van der Waals surface area contributed by atoms with Crippen molar-refractivity contribution in [2.75, 3.05) is 43.6 Å². The number of aromatic nitrogens is 3. The molecule has 8 heteroatoms. The molecule has 1 unspecified atom stereocenters. The van der Waals surface area contributed by atoms with Gasteiger partial charge in [0.1, 0.15) is 0 Å². The number of hydrogen-bond donors (Lipinski definition) is 0. The minimum atomic E-state index is 0.151. The topological polar surface area (TPSA) is 69.5 Å². The number of rotatable bonds is 7. The standard InChI is InChI=1S/C23H30N4O3S/c28-21(19-8-7-17-4-1-2-5-18(17)14-19)16-31-23-25-24-22(26-9-12-29-13-10-26)27(23)15-20-6-3-11-30-20/h7-8,14,20H,1-6,9-13,15-16H2. The average molecular weight is 443 g/mol. The zero-order valence-electron chi connectivity index (χ0n) is 17.9. The van der Waals surface area contributed by atoms with E-state index >= 15 is 0 Å². The number of ether oxygens (including phenoxy) is 2. The second-order valence-electron chi connectivity index (χ2n) is 8.53. The Balaban J connectivity index is 1.31. The fourth-order valence-corrected chi connectivity index (χ4v) is 5.49. The molecule has 2 aromatic rings. The molecule has 1 atom stereocenters. The Hall–Kier alpha value is -1.90. The number of carbonyl (C=O) groups is 1. The van der Waals surface area contributed by atoms with Gasteiger partial charge in [0.05, 0.1) is 31.6 Å². The van der Waals surface area contributed by atoms with Crippen molar-refractivity contribution in [3.8, 4) is 0 Å². The molecule has 0 N–H and O–H groups in total. The summed E-state index contributed by atoms with van der Waals surface area (Å²) >= 11 is 1.48. The second-order valence-corrected chi connectivity index (χ2v) is 9.47. The number of hydrogen-bond acceptors (Lipinski definition) is 7. The van der Waals surface area contributed by atoms with Crippen molar-refractivity contribution in [1.82, 2.24) is 14.8 Å². The Labute approximate surface area is 187 Å². The van der Waals surface area contributed by atoms with Crippen LogP contribution in [-0.4, -0.2) is 65.3 Å². The van der Waals surface area contributed by atoms with Crippen molar-refractivity contribution in [3.05, 3.63) is 34.9 Å². The molecule has 2 aliphatic heterocycles. The maximum Gasteiger partial charge on any atom is 0.228 e. The zero-order chi connectivity index (χ0) is 21.0. The first kappa shape index (κ1) is 21.0. The van der Waals surface area contributed by atoms with E-state index in [0.717, 1.165) is 68.6 Å². The first-order valence-corrected chi connectivity index (χ1v) is 12.4. The number of ketones is 1. The third-order valence-corrected chi connectivity index (χ3v) is 7.37. The van der Waals surface area contributed by atoms with Crippen LogP contribution in [0.1, 0.15) is 47.2 Å². The fourth-order valence-electron chi connectivity index (χ4n) is 4.66. The highest BCUT2D eigenvalue weighted by molar-refractivity contribution is 7.99. The molecule has 1 aromatic heterocycles. The van der Waals surface area contributed by atoms with Crippen LogP contribution in [0.2, 0.25) is 0 Å². The van der Waals surface area contributed by atoms with E-state index in [9.17, 15) is 4.79 Å².